The Labute approximate surface area is 144 Å². The second-order valence-electron chi connectivity index (χ2n) is 6.32. The molecule has 120 valence electrons. The van der Waals surface area contributed by atoms with Gasteiger partial charge in [-0.3, -0.25) is 4.79 Å². The lowest BCUT2D eigenvalue weighted by atomic mass is 10.0. The molecule has 0 fully saturated rings. The molecule has 0 saturated heterocycles. The van der Waals surface area contributed by atoms with Gasteiger partial charge < -0.3 is 4.74 Å². The van der Waals surface area contributed by atoms with Crippen LogP contribution in [0.3, 0.4) is 0 Å². The molecule has 0 heterocycles. The highest BCUT2D eigenvalue weighted by atomic mass is 28.3. The number of ether oxygens (including phenoxy) is 1. The van der Waals surface area contributed by atoms with E-state index in [1.54, 1.807) is 13.2 Å². The molecule has 24 heavy (non-hydrogen) atoms. The highest BCUT2D eigenvalue weighted by molar-refractivity contribution is 6.83. The van der Waals surface area contributed by atoms with Crippen LogP contribution < -0.4 is 4.74 Å². The number of ketones is 1. The second kappa shape index (κ2) is 7.68. The second-order valence-corrected chi connectivity index (χ2v) is 11.1. The van der Waals surface area contributed by atoms with E-state index in [0.717, 1.165) is 5.56 Å². The summed E-state index contributed by atoms with van der Waals surface area (Å²) in [6.07, 6.45) is 0. The number of Topliss-reactive ketones (excluding diaryl/α,β-unsaturated/α-hetero) is 1. The Hall–Kier alpha value is -2.75. The number of rotatable bonds is 2. The van der Waals surface area contributed by atoms with Crippen molar-refractivity contribution in [2.75, 3.05) is 7.11 Å². The van der Waals surface area contributed by atoms with E-state index in [2.05, 4.69) is 42.9 Å². The minimum atomic E-state index is -1.51. The Bertz CT molecular complexity index is 868. The summed E-state index contributed by atoms with van der Waals surface area (Å²) < 4.78 is 5.25. The van der Waals surface area contributed by atoms with Gasteiger partial charge in [-0.05, 0) is 30.2 Å². The number of carbonyl (C=O) groups is 1. The van der Waals surface area contributed by atoms with Crippen molar-refractivity contribution in [2.24, 2.45) is 0 Å². The molecule has 0 radical (unpaired) electrons. The third-order valence-corrected chi connectivity index (χ3v) is 4.04. The smallest absolute Gasteiger partial charge is 0.237 e. The summed E-state index contributed by atoms with van der Waals surface area (Å²) in [4.78, 5) is 12.5. The van der Waals surface area contributed by atoms with Crippen LogP contribution in [0.2, 0.25) is 19.6 Å². The van der Waals surface area contributed by atoms with Crippen LogP contribution in [0.1, 0.15) is 21.5 Å². The molecule has 0 N–H and O–H groups in total. The number of carbonyl (C=O) groups excluding carboxylic acids is 1. The first-order valence-electron chi connectivity index (χ1n) is 7.72. The molecule has 3 heteroatoms. The first kappa shape index (κ1) is 17.6. The number of hydrogen-bond acceptors (Lipinski definition) is 2. The van der Waals surface area contributed by atoms with Crippen LogP contribution in [-0.2, 0) is 0 Å². The Morgan fingerprint density at radius 1 is 0.917 bits per heavy atom. The predicted molar refractivity (Wildman–Crippen MR) is 101 cm³/mol. The third-order valence-electron chi connectivity index (χ3n) is 3.16. The highest BCUT2D eigenvalue weighted by Crippen LogP contribution is 2.16. The molecule has 2 aromatic rings. The van der Waals surface area contributed by atoms with Gasteiger partial charge in [0.25, 0.3) is 0 Å². The quantitative estimate of drug-likeness (QED) is 0.469. The molecule has 2 nitrogen and oxygen atoms in total. The average molecular weight is 332 g/mol. The maximum atomic E-state index is 12.5. The van der Waals surface area contributed by atoms with Crippen molar-refractivity contribution < 1.29 is 9.53 Å². The minimum Gasteiger partial charge on any atom is -0.495 e. The normalized spacial score (nSPS) is 10.0. The van der Waals surface area contributed by atoms with E-state index in [4.69, 9.17) is 4.74 Å². The van der Waals surface area contributed by atoms with Gasteiger partial charge in [0, 0.05) is 11.1 Å². The van der Waals surface area contributed by atoms with Crippen LogP contribution in [0, 0.1) is 23.3 Å². The number of hydrogen-bond donors (Lipinski definition) is 0. The molecule has 0 aliphatic carbocycles. The number of benzene rings is 2. The van der Waals surface area contributed by atoms with Crippen LogP contribution in [0.15, 0.2) is 48.5 Å². The van der Waals surface area contributed by atoms with Crippen molar-refractivity contribution in [2.45, 2.75) is 19.6 Å². The Kier molecular flexibility index (Phi) is 5.63. The summed E-state index contributed by atoms with van der Waals surface area (Å²) in [5.41, 5.74) is 5.27. The molecule has 0 atom stereocenters. The third kappa shape index (κ3) is 4.88. The van der Waals surface area contributed by atoms with Gasteiger partial charge in [-0.15, -0.1) is 5.54 Å². The standard InChI is InChI=1S/C21H20O2Si/c1-23-21-12-8-6-10-18(21)13-14-20(22)19-11-7-5-9-17(19)15-16-24(2,3)4/h5-12H,1-4H3. The summed E-state index contributed by atoms with van der Waals surface area (Å²) in [5.74, 6) is 9.18. The van der Waals surface area contributed by atoms with Crippen LogP contribution in [0.4, 0.5) is 0 Å². The zero-order valence-electron chi connectivity index (χ0n) is 14.4. The zero-order chi connectivity index (χ0) is 17.6. The van der Waals surface area contributed by atoms with Crippen LogP contribution in [-0.4, -0.2) is 21.0 Å². The molecule has 0 unspecified atom stereocenters. The summed E-state index contributed by atoms with van der Waals surface area (Å²) in [5, 5.41) is 0. The largest absolute Gasteiger partial charge is 0.495 e. The molecule has 2 aromatic carbocycles. The van der Waals surface area contributed by atoms with E-state index < -0.39 is 8.07 Å². The maximum absolute atomic E-state index is 12.5. The fourth-order valence-corrected chi connectivity index (χ4v) is 2.49. The molecule has 0 aliphatic rings. The summed E-state index contributed by atoms with van der Waals surface area (Å²) in [7, 11) is 0.0807. The van der Waals surface area contributed by atoms with Crippen LogP contribution in [0.25, 0.3) is 0 Å². The van der Waals surface area contributed by atoms with Gasteiger partial charge in [0.15, 0.2) is 0 Å². The van der Waals surface area contributed by atoms with Crippen molar-refractivity contribution in [3.05, 3.63) is 65.2 Å². The summed E-state index contributed by atoms with van der Waals surface area (Å²) in [6, 6.07) is 14.7. The molecular weight excluding hydrogens is 312 g/mol. The maximum Gasteiger partial charge on any atom is 0.237 e. The Balaban J connectivity index is 2.35. The van der Waals surface area contributed by atoms with E-state index in [-0.39, 0.29) is 5.78 Å². The molecule has 0 amide bonds. The van der Waals surface area contributed by atoms with Gasteiger partial charge in [0.2, 0.25) is 5.78 Å². The van der Waals surface area contributed by atoms with Gasteiger partial charge in [-0.1, -0.05) is 55.7 Å². The predicted octanol–water partition coefficient (Wildman–Crippen LogP) is 4.16. The Morgan fingerprint density at radius 2 is 1.54 bits per heavy atom. The van der Waals surface area contributed by atoms with E-state index in [0.29, 0.717) is 16.9 Å². The zero-order valence-corrected chi connectivity index (χ0v) is 15.4. The SMILES string of the molecule is COc1ccccc1C#CC(=O)c1ccccc1C#C[Si](C)(C)C. The van der Waals surface area contributed by atoms with E-state index in [9.17, 15) is 4.79 Å². The fourth-order valence-electron chi connectivity index (χ4n) is 1.98. The van der Waals surface area contributed by atoms with Gasteiger partial charge >= 0.3 is 0 Å². The van der Waals surface area contributed by atoms with E-state index in [1.165, 1.54) is 0 Å². The van der Waals surface area contributed by atoms with Gasteiger partial charge in [-0.2, -0.15) is 0 Å². The monoisotopic (exact) mass is 332 g/mol. The first-order chi connectivity index (χ1) is 11.4. The summed E-state index contributed by atoms with van der Waals surface area (Å²) in [6.45, 7) is 6.52. The summed E-state index contributed by atoms with van der Waals surface area (Å²) >= 11 is 0. The van der Waals surface area contributed by atoms with Crippen molar-refractivity contribution in [3.8, 4) is 29.1 Å². The molecule has 2 rings (SSSR count). The van der Waals surface area contributed by atoms with Crippen LogP contribution >= 0.6 is 0 Å². The highest BCUT2D eigenvalue weighted by Gasteiger charge is 2.10. The van der Waals surface area contributed by atoms with E-state index in [1.807, 2.05) is 42.5 Å². The van der Waals surface area contributed by atoms with Gasteiger partial charge in [0.1, 0.15) is 13.8 Å². The van der Waals surface area contributed by atoms with E-state index >= 15 is 0 Å². The van der Waals surface area contributed by atoms with Crippen molar-refractivity contribution in [1.82, 2.24) is 0 Å². The molecule has 0 saturated carbocycles. The van der Waals surface area contributed by atoms with Crippen molar-refractivity contribution in [3.63, 3.8) is 0 Å². The average Bonchev–Trinajstić information content (AvgIpc) is 2.57. The molecule has 0 spiro atoms. The van der Waals surface area contributed by atoms with Gasteiger partial charge in [-0.25, -0.2) is 0 Å². The molecule has 0 bridgehead atoms. The fraction of sp³-hybridized carbons (Fsp3) is 0.190. The lowest BCUT2D eigenvalue weighted by Gasteiger charge is -2.04. The molecule has 0 aliphatic heterocycles. The van der Waals surface area contributed by atoms with Crippen molar-refractivity contribution in [1.29, 1.82) is 0 Å². The molecular formula is C21H20O2Si. The van der Waals surface area contributed by atoms with Crippen LogP contribution in [0.5, 0.6) is 5.75 Å². The van der Waals surface area contributed by atoms with Gasteiger partial charge in [0.05, 0.1) is 12.7 Å². The topological polar surface area (TPSA) is 26.3 Å². The Morgan fingerprint density at radius 3 is 2.21 bits per heavy atom. The lowest BCUT2D eigenvalue weighted by Crippen LogP contribution is -2.16. The first-order valence-corrected chi connectivity index (χ1v) is 11.2. The minimum absolute atomic E-state index is 0.235. The van der Waals surface area contributed by atoms with Crippen molar-refractivity contribution >= 4 is 13.9 Å². The molecule has 0 aromatic heterocycles. The number of para-hydroxylation sites is 1. The lowest BCUT2D eigenvalue weighted by molar-refractivity contribution is 0.105. The number of methoxy groups -OCH3 is 1.